The maximum atomic E-state index is 13.7. The third kappa shape index (κ3) is 3.61. The molecule has 2 aromatic rings. The van der Waals surface area contributed by atoms with Gasteiger partial charge in [0.05, 0.1) is 6.10 Å². The van der Waals surface area contributed by atoms with E-state index in [2.05, 4.69) is 31.2 Å². The number of anilines is 1. The van der Waals surface area contributed by atoms with Gasteiger partial charge in [-0.15, -0.1) is 0 Å². The van der Waals surface area contributed by atoms with Crippen LogP contribution >= 0.6 is 0 Å². The summed E-state index contributed by atoms with van der Waals surface area (Å²) in [4.78, 5) is 2.04. The van der Waals surface area contributed by atoms with Gasteiger partial charge in [0, 0.05) is 24.8 Å². The van der Waals surface area contributed by atoms with Gasteiger partial charge in [0.1, 0.15) is 5.82 Å². The van der Waals surface area contributed by atoms with Gasteiger partial charge in [0.2, 0.25) is 0 Å². The van der Waals surface area contributed by atoms with Gasteiger partial charge in [-0.2, -0.15) is 0 Å². The molecule has 0 aliphatic heterocycles. The maximum Gasteiger partial charge on any atom is 0.126 e. The van der Waals surface area contributed by atoms with Gasteiger partial charge in [-0.3, -0.25) is 0 Å². The molecule has 2 rings (SSSR count). The van der Waals surface area contributed by atoms with Crippen molar-refractivity contribution in [1.82, 2.24) is 0 Å². The summed E-state index contributed by atoms with van der Waals surface area (Å²) in [5.41, 5.74) is 4.48. The number of aryl methyl sites for hydroxylation is 2. The second-order valence-electron chi connectivity index (χ2n) is 5.68. The van der Waals surface area contributed by atoms with Crippen molar-refractivity contribution in [3.8, 4) is 0 Å². The van der Waals surface area contributed by atoms with Crippen molar-refractivity contribution in [2.24, 2.45) is 0 Å². The number of hydrogen-bond acceptors (Lipinski definition) is 2. The summed E-state index contributed by atoms with van der Waals surface area (Å²) in [5, 5.41) is 9.88. The van der Waals surface area contributed by atoms with E-state index in [1.54, 1.807) is 19.9 Å². The molecule has 1 atom stereocenters. The van der Waals surface area contributed by atoms with Crippen LogP contribution in [0.2, 0.25) is 0 Å². The molecule has 3 heteroatoms. The van der Waals surface area contributed by atoms with Crippen LogP contribution in [0.3, 0.4) is 0 Å². The zero-order valence-corrected chi connectivity index (χ0v) is 13.0. The number of aliphatic hydroxyl groups excluding tert-OH is 1. The van der Waals surface area contributed by atoms with E-state index in [9.17, 15) is 9.50 Å². The summed E-state index contributed by atoms with van der Waals surface area (Å²) in [5.74, 6) is -0.279. The first-order chi connectivity index (χ1) is 9.88. The van der Waals surface area contributed by atoms with Crippen molar-refractivity contribution in [3.05, 3.63) is 64.5 Å². The summed E-state index contributed by atoms with van der Waals surface area (Å²) in [7, 11) is 1.96. The smallest absolute Gasteiger partial charge is 0.126 e. The van der Waals surface area contributed by atoms with Gasteiger partial charge in [-0.1, -0.05) is 29.8 Å². The fraction of sp³-hybridized carbons (Fsp3) is 0.333. The van der Waals surface area contributed by atoms with Gasteiger partial charge >= 0.3 is 0 Å². The zero-order valence-electron chi connectivity index (χ0n) is 13.0. The maximum absolute atomic E-state index is 13.7. The summed E-state index contributed by atoms with van der Waals surface area (Å²) >= 11 is 0. The highest BCUT2D eigenvalue weighted by atomic mass is 19.1. The average molecular weight is 287 g/mol. The van der Waals surface area contributed by atoms with E-state index in [-0.39, 0.29) is 5.82 Å². The third-order valence-corrected chi connectivity index (χ3v) is 3.71. The minimum absolute atomic E-state index is 0.279. The molecular formula is C18H22FNO. The van der Waals surface area contributed by atoms with E-state index in [1.807, 2.05) is 11.9 Å². The highest BCUT2D eigenvalue weighted by molar-refractivity contribution is 5.56. The van der Waals surface area contributed by atoms with E-state index < -0.39 is 6.10 Å². The van der Waals surface area contributed by atoms with Crippen LogP contribution in [0.4, 0.5) is 10.1 Å². The van der Waals surface area contributed by atoms with Crippen LogP contribution in [0.5, 0.6) is 0 Å². The Balaban J connectivity index is 2.31. The van der Waals surface area contributed by atoms with Crippen LogP contribution in [-0.2, 0) is 6.54 Å². The molecule has 0 fully saturated rings. The Morgan fingerprint density at radius 2 is 1.76 bits per heavy atom. The number of rotatable bonds is 4. The van der Waals surface area contributed by atoms with Crippen LogP contribution in [0.15, 0.2) is 36.4 Å². The summed E-state index contributed by atoms with van der Waals surface area (Å²) < 4.78 is 13.7. The largest absolute Gasteiger partial charge is 0.389 e. The lowest BCUT2D eigenvalue weighted by Crippen LogP contribution is -2.19. The molecule has 21 heavy (non-hydrogen) atoms. The van der Waals surface area contributed by atoms with Crippen molar-refractivity contribution >= 4 is 5.69 Å². The second-order valence-corrected chi connectivity index (χ2v) is 5.68. The Morgan fingerprint density at radius 3 is 2.33 bits per heavy atom. The van der Waals surface area contributed by atoms with Crippen molar-refractivity contribution in [2.75, 3.05) is 11.9 Å². The van der Waals surface area contributed by atoms with Gasteiger partial charge in [0.15, 0.2) is 0 Å². The molecule has 0 unspecified atom stereocenters. The highest BCUT2D eigenvalue weighted by Crippen LogP contribution is 2.29. The number of nitrogens with zero attached hydrogens (tertiary/aromatic N) is 1. The average Bonchev–Trinajstić information content (AvgIpc) is 2.43. The third-order valence-electron chi connectivity index (χ3n) is 3.71. The van der Waals surface area contributed by atoms with E-state index in [1.165, 1.54) is 17.2 Å². The van der Waals surface area contributed by atoms with Gasteiger partial charge < -0.3 is 10.0 Å². The van der Waals surface area contributed by atoms with Crippen LogP contribution in [0, 0.1) is 19.7 Å². The number of benzene rings is 2. The lowest BCUT2D eigenvalue weighted by atomic mass is 10.0. The molecule has 0 radical (unpaired) electrons. The predicted octanol–water partition coefficient (Wildman–Crippen LogP) is 4.13. The summed E-state index contributed by atoms with van der Waals surface area (Å²) in [6, 6.07) is 11.6. The molecule has 0 aliphatic rings. The van der Waals surface area contributed by atoms with Crippen molar-refractivity contribution in [3.63, 3.8) is 0 Å². The number of aliphatic hydroxyl groups is 1. The molecule has 1 N–H and O–H groups in total. The Morgan fingerprint density at radius 1 is 1.14 bits per heavy atom. The molecule has 2 aromatic carbocycles. The minimum Gasteiger partial charge on any atom is -0.389 e. The van der Waals surface area contributed by atoms with E-state index in [0.29, 0.717) is 17.7 Å². The summed E-state index contributed by atoms with van der Waals surface area (Å²) in [6.07, 6.45) is -0.699. The topological polar surface area (TPSA) is 23.5 Å². The van der Waals surface area contributed by atoms with Crippen molar-refractivity contribution < 1.29 is 9.50 Å². The first kappa shape index (κ1) is 15.5. The van der Waals surface area contributed by atoms with Crippen molar-refractivity contribution in [1.29, 1.82) is 0 Å². The molecular weight excluding hydrogens is 265 g/mol. The van der Waals surface area contributed by atoms with Crippen molar-refractivity contribution in [2.45, 2.75) is 33.4 Å². The number of hydrogen-bond donors (Lipinski definition) is 1. The van der Waals surface area contributed by atoms with Gasteiger partial charge in [-0.25, -0.2) is 4.39 Å². The Hall–Kier alpha value is -1.87. The molecule has 0 amide bonds. The molecule has 0 aromatic heterocycles. The normalized spacial score (nSPS) is 12.3. The van der Waals surface area contributed by atoms with Gasteiger partial charge in [0.25, 0.3) is 0 Å². The lowest BCUT2D eigenvalue weighted by Gasteiger charge is -2.24. The monoisotopic (exact) mass is 287 g/mol. The van der Waals surface area contributed by atoms with E-state index >= 15 is 0 Å². The van der Waals surface area contributed by atoms with Crippen LogP contribution in [0.1, 0.15) is 35.3 Å². The van der Waals surface area contributed by atoms with Crippen LogP contribution in [-0.4, -0.2) is 12.2 Å². The first-order valence-corrected chi connectivity index (χ1v) is 7.13. The predicted molar refractivity (Wildman–Crippen MR) is 85.1 cm³/mol. The Bertz CT molecular complexity index is 620. The second kappa shape index (κ2) is 6.27. The highest BCUT2D eigenvalue weighted by Gasteiger charge is 2.15. The summed E-state index contributed by atoms with van der Waals surface area (Å²) in [6.45, 7) is 6.17. The minimum atomic E-state index is -0.699. The molecule has 0 heterocycles. The Kier molecular flexibility index (Phi) is 4.63. The molecule has 2 nitrogen and oxygen atoms in total. The van der Waals surface area contributed by atoms with Gasteiger partial charge in [-0.05, 0) is 44.0 Å². The quantitative estimate of drug-likeness (QED) is 0.914. The lowest BCUT2D eigenvalue weighted by molar-refractivity contribution is 0.199. The van der Waals surface area contributed by atoms with Crippen LogP contribution < -0.4 is 4.90 Å². The molecule has 0 bridgehead atoms. The zero-order chi connectivity index (χ0) is 15.6. The molecule has 0 aliphatic carbocycles. The first-order valence-electron chi connectivity index (χ1n) is 7.13. The standard InChI is InChI=1S/C18H22FNO/c1-12-5-7-15(8-6-12)11-20(4)18-9-13(2)17(19)10-16(18)14(3)21/h5-10,14,21H,11H2,1-4H3/t14-/m0/s1. The fourth-order valence-corrected chi connectivity index (χ4v) is 2.40. The molecule has 0 spiro atoms. The number of halogens is 1. The van der Waals surface area contributed by atoms with E-state index in [4.69, 9.17) is 0 Å². The molecule has 0 saturated heterocycles. The SMILES string of the molecule is Cc1ccc(CN(C)c2cc(C)c(F)cc2[C@H](C)O)cc1. The molecule has 112 valence electrons. The molecule has 0 saturated carbocycles. The van der Waals surface area contributed by atoms with E-state index in [0.717, 1.165) is 5.69 Å². The Labute approximate surface area is 125 Å². The van der Waals surface area contributed by atoms with Crippen LogP contribution in [0.25, 0.3) is 0 Å². The fourth-order valence-electron chi connectivity index (χ4n) is 2.40.